The lowest BCUT2D eigenvalue weighted by molar-refractivity contribution is 0.288. The van der Waals surface area contributed by atoms with Crippen LogP contribution in [0.15, 0.2) is 41.3 Å². The molecule has 1 N–H and O–H groups in total. The number of ether oxygens (including phenoxy) is 1. The van der Waals surface area contributed by atoms with Crippen LogP contribution in [-0.4, -0.2) is 44.0 Å². The quantitative estimate of drug-likeness (QED) is 0.407. The van der Waals surface area contributed by atoms with E-state index in [1.54, 1.807) is 13.4 Å². The first-order valence-electron chi connectivity index (χ1n) is 10.8. The van der Waals surface area contributed by atoms with Gasteiger partial charge >= 0.3 is 0 Å². The van der Waals surface area contributed by atoms with E-state index in [0.717, 1.165) is 17.7 Å². The first-order valence-corrected chi connectivity index (χ1v) is 10.8. The molecule has 0 spiro atoms. The van der Waals surface area contributed by atoms with Crippen molar-refractivity contribution in [3.63, 3.8) is 0 Å². The SMILES string of the molecule is CCCN(C)CCCC/C=C/C1=NC(C2CCCCC2)NC=C1/C=C/OC. The van der Waals surface area contributed by atoms with Crippen molar-refractivity contribution in [1.82, 2.24) is 10.2 Å². The summed E-state index contributed by atoms with van der Waals surface area (Å²) in [6.45, 7) is 4.63. The molecule has 2 rings (SSSR count). The molecule has 0 radical (unpaired) electrons. The molecule has 0 saturated heterocycles. The van der Waals surface area contributed by atoms with Gasteiger partial charge in [-0.05, 0) is 76.7 Å². The van der Waals surface area contributed by atoms with Crippen LogP contribution in [0.3, 0.4) is 0 Å². The molecule has 4 nitrogen and oxygen atoms in total. The molecule has 2 aliphatic rings. The van der Waals surface area contributed by atoms with Crippen molar-refractivity contribution in [2.45, 2.75) is 70.9 Å². The standard InChI is InChI=1S/C23H39N3O/c1-4-16-26(2)17-11-6-5-10-14-22-21(15-18-27-3)19-24-23(25-22)20-12-8-7-9-13-20/h10,14-15,18-20,23-24H,4-9,11-13,16-17H2,1-3H3/b14-10+,18-15+. The lowest BCUT2D eigenvalue weighted by Gasteiger charge is -2.30. The van der Waals surface area contributed by atoms with E-state index in [2.05, 4.69) is 42.5 Å². The van der Waals surface area contributed by atoms with Crippen molar-refractivity contribution in [2.75, 3.05) is 27.2 Å². The molecular weight excluding hydrogens is 334 g/mol. The first-order chi connectivity index (χ1) is 13.2. The van der Waals surface area contributed by atoms with Crippen LogP contribution in [0.5, 0.6) is 0 Å². The second-order valence-corrected chi connectivity index (χ2v) is 7.86. The third-order valence-electron chi connectivity index (χ3n) is 5.51. The van der Waals surface area contributed by atoms with Gasteiger partial charge in [-0.3, -0.25) is 4.99 Å². The largest absolute Gasteiger partial charge is 0.504 e. The molecule has 0 amide bonds. The van der Waals surface area contributed by atoms with Crippen LogP contribution in [0.2, 0.25) is 0 Å². The average Bonchev–Trinajstić information content (AvgIpc) is 2.70. The Morgan fingerprint density at radius 2 is 2.00 bits per heavy atom. The molecular formula is C23H39N3O. The summed E-state index contributed by atoms with van der Waals surface area (Å²) in [4.78, 5) is 7.47. The Morgan fingerprint density at radius 1 is 1.19 bits per heavy atom. The molecule has 1 heterocycles. The maximum absolute atomic E-state index is 5.10. The Balaban J connectivity index is 1.88. The number of unbranched alkanes of at least 4 members (excludes halogenated alkanes) is 2. The first kappa shape index (κ1) is 21.7. The zero-order valence-corrected chi connectivity index (χ0v) is 17.6. The Bertz CT molecular complexity index is 530. The molecule has 1 aliphatic heterocycles. The van der Waals surface area contributed by atoms with Crippen molar-refractivity contribution >= 4 is 5.71 Å². The number of methoxy groups -OCH3 is 1. The van der Waals surface area contributed by atoms with Crippen molar-refractivity contribution in [3.05, 3.63) is 36.3 Å². The molecule has 0 aromatic heterocycles. The maximum atomic E-state index is 5.10. The van der Waals surface area contributed by atoms with Crippen LogP contribution >= 0.6 is 0 Å². The zero-order valence-electron chi connectivity index (χ0n) is 17.6. The van der Waals surface area contributed by atoms with Gasteiger partial charge in [0, 0.05) is 11.8 Å². The Morgan fingerprint density at radius 3 is 2.74 bits per heavy atom. The van der Waals surface area contributed by atoms with E-state index in [4.69, 9.17) is 9.73 Å². The van der Waals surface area contributed by atoms with Gasteiger partial charge in [-0.25, -0.2) is 0 Å². The normalized spacial score (nSPS) is 21.6. The summed E-state index contributed by atoms with van der Waals surface area (Å²) in [5.74, 6) is 0.667. The molecule has 1 unspecified atom stereocenters. The second-order valence-electron chi connectivity index (χ2n) is 7.86. The summed E-state index contributed by atoms with van der Waals surface area (Å²) in [6.07, 6.45) is 22.0. The number of hydrogen-bond donors (Lipinski definition) is 1. The lowest BCUT2D eigenvalue weighted by Crippen LogP contribution is -2.36. The monoisotopic (exact) mass is 373 g/mol. The van der Waals surface area contributed by atoms with Crippen LogP contribution in [0.1, 0.15) is 64.7 Å². The minimum absolute atomic E-state index is 0.229. The van der Waals surface area contributed by atoms with Crippen molar-refractivity contribution in [1.29, 1.82) is 0 Å². The fraction of sp³-hybridized carbons (Fsp3) is 0.696. The van der Waals surface area contributed by atoms with Crippen molar-refractivity contribution in [3.8, 4) is 0 Å². The van der Waals surface area contributed by atoms with E-state index < -0.39 is 0 Å². The highest BCUT2D eigenvalue weighted by Gasteiger charge is 2.24. The topological polar surface area (TPSA) is 36.9 Å². The molecule has 4 heteroatoms. The van der Waals surface area contributed by atoms with E-state index in [9.17, 15) is 0 Å². The van der Waals surface area contributed by atoms with E-state index in [0.29, 0.717) is 5.92 Å². The molecule has 152 valence electrons. The van der Waals surface area contributed by atoms with Crippen LogP contribution < -0.4 is 5.32 Å². The van der Waals surface area contributed by atoms with Gasteiger partial charge in [-0.2, -0.15) is 0 Å². The minimum atomic E-state index is 0.229. The lowest BCUT2D eigenvalue weighted by atomic mass is 9.86. The zero-order chi connectivity index (χ0) is 19.3. The van der Waals surface area contributed by atoms with E-state index in [-0.39, 0.29) is 6.17 Å². The van der Waals surface area contributed by atoms with E-state index >= 15 is 0 Å². The van der Waals surface area contributed by atoms with Crippen LogP contribution in [0, 0.1) is 5.92 Å². The highest BCUT2D eigenvalue weighted by molar-refractivity contribution is 6.10. The summed E-state index contributed by atoms with van der Waals surface area (Å²) >= 11 is 0. The maximum Gasteiger partial charge on any atom is 0.121 e. The minimum Gasteiger partial charge on any atom is -0.504 e. The number of aliphatic imine (C=N–C) groups is 1. The van der Waals surface area contributed by atoms with Gasteiger partial charge in [-0.15, -0.1) is 0 Å². The van der Waals surface area contributed by atoms with E-state index in [1.165, 1.54) is 64.5 Å². The van der Waals surface area contributed by atoms with Crippen LogP contribution in [0.4, 0.5) is 0 Å². The highest BCUT2D eigenvalue weighted by Crippen LogP contribution is 2.28. The Hall–Kier alpha value is -1.55. The molecule has 1 atom stereocenters. The second kappa shape index (κ2) is 12.8. The fourth-order valence-corrected chi connectivity index (χ4v) is 3.95. The fourth-order valence-electron chi connectivity index (χ4n) is 3.95. The molecule has 1 saturated carbocycles. The molecule has 1 aliphatic carbocycles. The predicted octanol–water partition coefficient (Wildman–Crippen LogP) is 5.05. The highest BCUT2D eigenvalue weighted by atomic mass is 16.5. The predicted molar refractivity (Wildman–Crippen MR) is 116 cm³/mol. The van der Waals surface area contributed by atoms with Gasteiger partial charge < -0.3 is 15.0 Å². The molecule has 27 heavy (non-hydrogen) atoms. The van der Waals surface area contributed by atoms with Gasteiger partial charge in [0.05, 0.1) is 19.1 Å². The number of rotatable bonds is 11. The van der Waals surface area contributed by atoms with E-state index in [1.807, 2.05) is 6.08 Å². The Labute approximate surface area is 166 Å². The van der Waals surface area contributed by atoms with Crippen molar-refractivity contribution < 1.29 is 4.74 Å². The van der Waals surface area contributed by atoms with Gasteiger partial charge in [0.25, 0.3) is 0 Å². The Kier molecular flexibility index (Phi) is 10.3. The summed E-state index contributed by atoms with van der Waals surface area (Å²) in [5, 5.41) is 3.52. The van der Waals surface area contributed by atoms with Gasteiger partial charge in [0.1, 0.15) is 6.17 Å². The van der Waals surface area contributed by atoms with Gasteiger partial charge in [-0.1, -0.05) is 32.3 Å². The summed E-state index contributed by atoms with van der Waals surface area (Å²) in [6, 6.07) is 0. The number of nitrogens with zero attached hydrogens (tertiary/aromatic N) is 2. The van der Waals surface area contributed by atoms with Crippen LogP contribution in [-0.2, 0) is 4.74 Å². The van der Waals surface area contributed by atoms with Crippen molar-refractivity contribution in [2.24, 2.45) is 10.9 Å². The number of allylic oxidation sites excluding steroid dienone is 4. The molecule has 0 aromatic rings. The average molecular weight is 374 g/mol. The smallest absolute Gasteiger partial charge is 0.121 e. The third-order valence-corrected chi connectivity index (χ3v) is 5.51. The number of nitrogens with one attached hydrogen (secondary N) is 1. The van der Waals surface area contributed by atoms with Gasteiger partial charge in [0.15, 0.2) is 0 Å². The number of hydrogen-bond acceptors (Lipinski definition) is 4. The molecule has 0 aromatic carbocycles. The summed E-state index contributed by atoms with van der Waals surface area (Å²) < 4.78 is 5.10. The van der Waals surface area contributed by atoms with Crippen LogP contribution in [0.25, 0.3) is 0 Å². The molecule has 0 bridgehead atoms. The summed E-state index contributed by atoms with van der Waals surface area (Å²) in [7, 11) is 3.90. The molecule has 1 fully saturated rings. The third kappa shape index (κ3) is 7.92. The van der Waals surface area contributed by atoms with Gasteiger partial charge in [0.2, 0.25) is 0 Å². The summed E-state index contributed by atoms with van der Waals surface area (Å²) in [5.41, 5.74) is 2.18.